The third-order valence-electron chi connectivity index (χ3n) is 2.85. The molecule has 0 bridgehead atoms. The van der Waals surface area contributed by atoms with Crippen molar-refractivity contribution in [2.45, 2.75) is 24.5 Å². The zero-order valence-corrected chi connectivity index (χ0v) is 13.3. The Morgan fingerprint density at radius 2 is 2.28 bits per heavy atom. The summed E-state index contributed by atoms with van der Waals surface area (Å²) in [5, 5.41) is 2.94. The number of aromatic carboxylic acids is 1. The van der Waals surface area contributed by atoms with Gasteiger partial charge in [0.25, 0.3) is 1.43 Å². The second-order valence-corrected chi connectivity index (χ2v) is 5.92. The number of carboxylic acid groups (broad SMARTS) is 1. The number of sulfonamides is 1. The Hall–Kier alpha value is -2.58. The molecule has 0 amide bonds. The lowest BCUT2D eigenvalue weighted by Crippen LogP contribution is -2.16. The van der Waals surface area contributed by atoms with Crippen molar-refractivity contribution >= 4 is 21.7 Å². The van der Waals surface area contributed by atoms with Crippen molar-refractivity contribution in [3.63, 3.8) is 0 Å². The van der Waals surface area contributed by atoms with Crippen molar-refractivity contribution < 1.29 is 38.3 Å². The van der Waals surface area contributed by atoms with Crippen LogP contribution in [-0.4, -0.2) is 26.0 Å². The lowest BCUT2D eigenvalue weighted by molar-refractivity contribution is 0.0696. The van der Waals surface area contributed by atoms with Crippen LogP contribution in [0.15, 0.2) is 47.4 Å². The molecule has 0 aliphatic rings. The van der Waals surface area contributed by atoms with Crippen LogP contribution in [0.1, 0.15) is 40.9 Å². The van der Waals surface area contributed by atoms with Gasteiger partial charge in [0.05, 0.1) is 11.3 Å². The summed E-state index contributed by atoms with van der Waals surface area (Å²) in [6.07, 6.45) is -7.29. The molecule has 0 fully saturated rings. The Bertz CT molecular complexity index is 1240. The van der Waals surface area contributed by atoms with Crippen molar-refractivity contribution in [2.24, 2.45) is 5.13 Å². The van der Waals surface area contributed by atoms with Crippen LogP contribution in [0.25, 0.3) is 1.43 Å². The molecule has 0 spiro atoms. The van der Waals surface area contributed by atoms with Crippen LogP contribution in [0.4, 0.5) is 5.69 Å². The number of nitrogens with one attached hydrogen (secondary N) is 1. The summed E-state index contributed by atoms with van der Waals surface area (Å²) in [5.74, 6) is -2.44. The van der Waals surface area contributed by atoms with E-state index in [2.05, 4.69) is 5.11 Å². The number of carboxylic acids is 1. The standard InChI is InChI=1S/C17H20N2O5S/c1-2-3-9-19-14-10-12(17(20)21)11-15(25(18,22)23)16(14)24-13-7-5-4-6-8-13/h4-8,10-11,19H,2-3,9H2,1H3,(H,20,21)(H2,18,22,23)/i1D3,2D2,3D2,9D/hD4. The van der Waals surface area contributed by atoms with Crippen molar-refractivity contribution in [3.05, 3.63) is 48.0 Å². The van der Waals surface area contributed by atoms with Gasteiger partial charge in [0.15, 0.2) is 7.16 Å². The largest absolute Gasteiger partial charge is 0.478 e. The van der Waals surface area contributed by atoms with E-state index in [1.54, 1.807) is 6.07 Å². The molecule has 7 nitrogen and oxygen atoms in total. The summed E-state index contributed by atoms with van der Waals surface area (Å²) < 4.78 is 122. The number of nitrogens with two attached hydrogens (primary N) is 1. The van der Waals surface area contributed by atoms with Crippen LogP contribution in [0.5, 0.6) is 11.5 Å². The first kappa shape index (κ1) is 8.20. The fraction of sp³-hybridized carbons (Fsp3) is 0.235. The van der Waals surface area contributed by atoms with Crippen LogP contribution in [0.2, 0.25) is 4.24 Å². The number of hydrogen-bond acceptors (Lipinski definition) is 6. The Kier molecular flexibility index (Phi) is 2.62. The van der Waals surface area contributed by atoms with Gasteiger partial charge in [0.1, 0.15) is 13.5 Å². The van der Waals surface area contributed by atoms with Gasteiger partial charge in [-0.25, -0.2) is 18.3 Å². The van der Waals surface area contributed by atoms with Gasteiger partial charge >= 0.3 is 5.97 Å². The maximum absolute atomic E-state index is 12.8. The molecule has 0 aromatic heterocycles. The summed E-state index contributed by atoms with van der Waals surface area (Å²) >= 11 is 0. The van der Waals surface area contributed by atoms with Crippen molar-refractivity contribution in [2.75, 3.05) is 11.8 Å². The lowest BCUT2D eigenvalue weighted by atomic mass is 10.1. The molecule has 2 rings (SSSR count). The first-order valence-corrected chi connectivity index (χ1v) is 8.06. The van der Waals surface area contributed by atoms with E-state index in [1.807, 2.05) is 0 Å². The van der Waals surface area contributed by atoms with Gasteiger partial charge < -0.3 is 15.2 Å². The molecule has 2 aromatic carbocycles. The van der Waals surface area contributed by atoms with Gasteiger partial charge in [0.2, 0.25) is 10.0 Å². The van der Waals surface area contributed by atoms with E-state index in [-0.39, 0.29) is 11.1 Å². The smallest absolute Gasteiger partial charge is 0.335 e. The normalized spacial score (nSPS) is 21.0. The minimum Gasteiger partial charge on any atom is -0.478 e. The highest BCUT2D eigenvalue weighted by Crippen LogP contribution is 2.37. The number of carbonyl (C=O) groups is 1. The number of ether oxygens (including phenoxy) is 1. The van der Waals surface area contributed by atoms with Crippen molar-refractivity contribution in [1.82, 2.24) is 0 Å². The third-order valence-corrected chi connectivity index (χ3v) is 3.71. The molecule has 0 saturated heterocycles. The molecule has 0 aliphatic heterocycles. The Morgan fingerprint density at radius 1 is 1.48 bits per heavy atom. The third kappa shape index (κ3) is 4.94. The first-order chi connectivity index (χ1) is 16.8. The molecule has 134 valence electrons. The highest BCUT2D eigenvalue weighted by Gasteiger charge is 2.23. The predicted octanol–water partition coefficient (Wildman–Crippen LogP) is 3.04. The maximum Gasteiger partial charge on any atom is 0.335 e. The second-order valence-electron chi connectivity index (χ2n) is 4.53. The van der Waals surface area contributed by atoms with Gasteiger partial charge in [-0.1, -0.05) is 31.4 Å². The van der Waals surface area contributed by atoms with E-state index >= 15 is 0 Å². The lowest BCUT2D eigenvalue weighted by Gasteiger charge is -2.17. The molecule has 0 saturated carbocycles. The highest BCUT2D eigenvalue weighted by atomic mass is 32.2. The molecular weight excluding hydrogens is 344 g/mol. The van der Waals surface area contributed by atoms with Crippen LogP contribution < -0.4 is 15.2 Å². The number of primary sulfonamides is 1. The molecule has 0 heterocycles. The van der Waals surface area contributed by atoms with Crippen LogP contribution in [-0.2, 0) is 10.0 Å². The highest BCUT2D eigenvalue weighted by molar-refractivity contribution is 7.89. The fourth-order valence-electron chi connectivity index (χ4n) is 1.84. The monoisotopic (exact) mass is 376 g/mol. The molecular formula is C17H20N2O5S. The quantitative estimate of drug-likeness (QED) is 0.619. The van der Waals surface area contributed by atoms with Crippen molar-refractivity contribution in [3.8, 4) is 11.5 Å². The molecule has 0 radical (unpaired) electrons. The summed E-state index contributed by atoms with van der Waals surface area (Å²) in [7, 11) is -5.12. The Labute approximate surface area is 163 Å². The van der Waals surface area contributed by atoms with E-state index in [0.29, 0.717) is 12.1 Å². The first-order valence-electron chi connectivity index (χ1n) is 12.4. The number of rotatable bonds is 9. The van der Waals surface area contributed by atoms with Crippen LogP contribution in [0, 0.1) is 0 Å². The van der Waals surface area contributed by atoms with Gasteiger partial charge in [-0.05, 0) is 30.6 Å². The summed E-state index contributed by atoms with van der Waals surface area (Å²) in [4.78, 5) is 11.0. The van der Waals surface area contributed by atoms with Gasteiger partial charge in [0, 0.05) is 17.5 Å². The second kappa shape index (κ2) is 8.00. The average molecular weight is 376 g/mol. The molecule has 1 unspecified atom stereocenters. The Morgan fingerprint density at radius 3 is 2.96 bits per heavy atom. The van der Waals surface area contributed by atoms with E-state index in [9.17, 15) is 13.2 Å². The fourth-order valence-corrected chi connectivity index (χ4v) is 2.49. The zero-order valence-electron chi connectivity index (χ0n) is 24.5. The number of hydrogen-bond donors (Lipinski definition) is 3. The Balaban J connectivity index is 2.90. The van der Waals surface area contributed by atoms with Crippen molar-refractivity contribution in [1.29, 1.82) is 1.43 Å². The number of benzene rings is 2. The summed E-state index contributed by atoms with van der Waals surface area (Å²) in [6.45, 7) is -6.29. The molecule has 25 heavy (non-hydrogen) atoms. The molecule has 2 aromatic rings. The molecule has 8 heteroatoms. The minimum absolute atomic E-state index is 0.0757. The molecule has 4 N–H and O–H groups in total. The number of anilines is 1. The van der Waals surface area contributed by atoms with Gasteiger partial charge in [-0.3, -0.25) is 0 Å². The minimum atomic E-state index is -5.12. The number of para-hydroxylation sites is 1. The topological polar surface area (TPSA) is 119 Å². The predicted molar refractivity (Wildman–Crippen MR) is 94.7 cm³/mol. The summed E-state index contributed by atoms with van der Waals surface area (Å²) in [6, 6.07) is 8.37. The molecule has 0 aliphatic carbocycles. The maximum atomic E-state index is 12.8. The van der Waals surface area contributed by atoms with Crippen LogP contribution >= 0.6 is 0 Å². The summed E-state index contributed by atoms with van der Waals surface area (Å²) in [5.41, 5.74) is -1.63. The van der Waals surface area contributed by atoms with Gasteiger partial charge in [-0.15, -0.1) is 0 Å². The van der Waals surface area contributed by atoms with E-state index in [0.717, 1.165) is 0 Å². The average Bonchev–Trinajstić information content (AvgIpc) is 2.82. The van der Waals surface area contributed by atoms with E-state index in [1.165, 1.54) is 24.3 Å². The van der Waals surface area contributed by atoms with E-state index < -0.39 is 69.1 Å². The van der Waals surface area contributed by atoms with Gasteiger partial charge in [-0.2, -0.15) is 0 Å². The van der Waals surface area contributed by atoms with Crippen LogP contribution in [0.3, 0.4) is 0 Å². The van der Waals surface area contributed by atoms with E-state index in [4.69, 9.17) is 21.4 Å². The zero-order chi connectivity index (χ0) is 28.6. The SMILES string of the molecule is [2H]OC(=O)c1cc(N([2H])C([2H])C([2H])([2H])C([2H])([2H])C([2H])([2H])[2H])c(Oc2ccccc2)c(S(=O)(=O)N([2H])[2H])c1. The molecule has 1 atom stereocenters.